The third-order valence-corrected chi connectivity index (χ3v) is 3.82. The van der Waals surface area contributed by atoms with Gasteiger partial charge < -0.3 is 10.4 Å². The van der Waals surface area contributed by atoms with Gasteiger partial charge in [-0.25, -0.2) is 4.98 Å². The van der Waals surface area contributed by atoms with Crippen LogP contribution in [-0.2, 0) is 0 Å². The van der Waals surface area contributed by atoms with E-state index in [1.54, 1.807) is 11.3 Å². The lowest BCUT2D eigenvalue weighted by Gasteiger charge is -2.14. The smallest absolute Gasteiger partial charge is 0.111 e. The van der Waals surface area contributed by atoms with Gasteiger partial charge in [0.15, 0.2) is 0 Å². The molecule has 0 aliphatic carbocycles. The molecule has 1 atom stereocenters. The summed E-state index contributed by atoms with van der Waals surface area (Å²) in [6, 6.07) is 8.34. The monoisotopic (exact) mass is 250 g/mol. The summed E-state index contributed by atoms with van der Waals surface area (Å²) in [6.45, 7) is 3.29. The molecular weight excluding hydrogens is 232 g/mol. The van der Waals surface area contributed by atoms with E-state index < -0.39 is 0 Å². The number of nitrogens with zero attached hydrogens (tertiary/aromatic N) is 1. The lowest BCUT2D eigenvalue weighted by atomic mass is 10.2. The second-order valence-corrected chi connectivity index (χ2v) is 5.10. The Morgan fingerprint density at radius 2 is 2.24 bits per heavy atom. The Morgan fingerprint density at radius 1 is 1.41 bits per heavy atom. The van der Waals surface area contributed by atoms with Crippen LogP contribution < -0.4 is 5.32 Å². The molecule has 0 radical (unpaired) electrons. The van der Waals surface area contributed by atoms with Crippen LogP contribution in [0.3, 0.4) is 0 Å². The standard InChI is InChI=1S/C13H18N2OS/c1-2-8-14-11(7-9-16)13-15-10-5-3-4-6-12(10)17-13/h3-6,11,14,16H,2,7-9H2,1H3. The van der Waals surface area contributed by atoms with Crippen molar-refractivity contribution in [1.82, 2.24) is 10.3 Å². The second kappa shape index (κ2) is 6.10. The van der Waals surface area contributed by atoms with E-state index in [0.717, 1.165) is 29.9 Å². The molecule has 1 unspecified atom stereocenters. The molecule has 0 saturated carbocycles. The topological polar surface area (TPSA) is 45.1 Å². The number of aliphatic hydroxyl groups excluding tert-OH is 1. The van der Waals surface area contributed by atoms with Crippen LogP contribution >= 0.6 is 11.3 Å². The van der Waals surface area contributed by atoms with E-state index in [4.69, 9.17) is 5.11 Å². The van der Waals surface area contributed by atoms with E-state index in [9.17, 15) is 0 Å². The summed E-state index contributed by atoms with van der Waals surface area (Å²) >= 11 is 1.71. The lowest BCUT2D eigenvalue weighted by Crippen LogP contribution is -2.22. The van der Waals surface area contributed by atoms with Crippen molar-refractivity contribution in [3.05, 3.63) is 29.3 Å². The molecular formula is C13H18N2OS. The molecule has 4 heteroatoms. The third kappa shape index (κ3) is 3.03. The molecule has 0 aliphatic heterocycles. The van der Waals surface area contributed by atoms with Crippen molar-refractivity contribution in [3.8, 4) is 0 Å². The number of aromatic nitrogens is 1. The van der Waals surface area contributed by atoms with E-state index in [2.05, 4.69) is 23.3 Å². The molecule has 0 bridgehead atoms. The minimum atomic E-state index is 0.178. The maximum atomic E-state index is 9.11. The highest BCUT2D eigenvalue weighted by molar-refractivity contribution is 7.18. The molecule has 1 aromatic heterocycles. The van der Waals surface area contributed by atoms with Crippen LogP contribution in [0.1, 0.15) is 30.8 Å². The highest BCUT2D eigenvalue weighted by Gasteiger charge is 2.14. The fourth-order valence-electron chi connectivity index (χ4n) is 1.80. The van der Waals surface area contributed by atoms with Gasteiger partial charge in [0.05, 0.1) is 16.3 Å². The fourth-order valence-corrected chi connectivity index (χ4v) is 2.88. The Balaban J connectivity index is 2.21. The number of thiazole rings is 1. The van der Waals surface area contributed by atoms with Crippen molar-refractivity contribution in [2.24, 2.45) is 0 Å². The quantitative estimate of drug-likeness (QED) is 0.828. The van der Waals surface area contributed by atoms with Gasteiger partial charge in [0, 0.05) is 6.61 Å². The first-order valence-corrected chi connectivity index (χ1v) is 6.86. The number of para-hydroxylation sites is 1. The minimum Gasteiger partial charge on any atom is -0.396 e. The van der Waals surface area contributed by atoms with E-state index in [0.29, 0.717) is 0 Å². The van der Waals surface area contributed by atoms with E-state index in [1.165, 1.54) is 4.70 Å². The van der Waals surface area contributed by atoms with Gasteiger partial charge in [0.2, 0.25) is 0 Å². The SMILES string of the molecule is CCCNC(CCO)c1nc2ccccc2s1. The average Bonchev–Trinajstić information content (AvgIpc) is 2.78. The maximum absolute atomic E-state index is 9.11. The average molecular weight is 250 g/mol. The summed E-state index contributed by atoms with van der Waals surface area (Å²) in [5.74, 6) is 0. The third-order valence-electron chi connectivity index (χ3n) is 2.67. The molecule has 0 spiro atoms. The summed E-state index contributed by atoms with van der Waals surface area (Å²) in [5, 5.41) is 13.6. The zero-order chi connectivity index (χ0) is 12.1. The molecule has 2 rings (SSSR count). The van der Waals surface area contributed by atoms with Gasteiger partial charge in [-0.3, -0.25) is 0 Å². The van der Waals surface area contributed by atoms with Crippen LogP contribution in [0.15, 0.2) is 24.3 Å². The van der Waals surface area contributed by atoms with Gasteiger partial charge in [-0.05, 0) is 31.5 Å². The number of rotatable bonds is 6. The second-order valence-electron chi connectivity index (χ2n) is 4.04. The summed E-state index contributed by atoms with van der Waals surface area (Å²) in [7, 11) is 0. The fraction of sp³-hybridized carbons (Fsp3) is 0.462. The highest BCUT2D eigenvalue weighted by atomic mass is 32.1. The van der Waals surface area contributed by atoms with Crippen LogP contribution in [0.2, 0.25) is 0 Å². The number of aliphatic hydroxyl groups is 1. The zero-order valence-corrected chi connectivity index (χ0v) is 10.8. The lowest BCUT2D eigenvalue weighted by molar-refractivity contribution is 0.265. The zero-order valence-electron chi connectivity index (χ0n) is 10.0. The molecule has 1 heterocycles. The first kappa shape index (κ1) is 12.5. The van der Waals surface area contributed by atoms with Crippen molar-refractivity contribution in [2.45, 2.75) is 25.8 Å². The van der Waals surface area contributed by atoms with Crippen LogP contribution in [0.4, 0.5) is 0 Å². The van der Waals surface area contributed by atoms with Crippen molar-refractivity contribution in [2.75, 3.05) is 13.2 Å². The van der Waals surface area contributed by atoms with Gasteiger partial charge in [-0.15, -0.1) is 11.3 Å². The number of hydrogen-bond donors (Lipinski definition) is 2. The summed E-state index contributed by atoms with van der Waals surface area (Å²) < 4.78 is 1.21. The molecule has 0 fully saturated rings. The van der Waals surface area contributed by atoms with E-state index in [-0.39, 0.29) is 12.6 Å². The summed E-state index contributed by atoms with van der Waals surface area (Å²) in [6.07, 6.45) is 1.81. The van der Waals surface area contributed by atoms with Gasteiger partial charge in [-0.1, -0.05) is 19.1 Å². The van der Waals surface area contributed by atoms with Crippen LogP contribution in [-0.4, -0.2) is 23.2 Å². The predicted octanol–water partition coefficient (Wildman–Crippen LogP) is 2.72. The number of nitrogens with one attached hydrogen (secondary N) is 1. The number of hydrogen-bond acceptors (Lipinski definition) is 4. The number of benzene rings is 1. The Kier molecular flexibility index (Phi) is 4.48. The van der Waals surface area contributed by atoms with Crippen molar-refractivity contribution in [1.29, 1.82) is 0 Å². The normalized spacial score (nSPS) is 13.1. The number of fused-ring (bicyclic) bond motifs is 1. The highest BCUT2D eigenvalue weighted by Crippen LogP contribution is 2.27. The Morgan fingerprint density at radius 3 is 2.94 bits per heavy atom. The Bertz CT molecular complexity index is 436. The van der Waals surface area contributed by atoms with Gasteiger partial charge in [0.25, 0.3) is 0 Å². The largest absolute Gasteiger partial charge is 0.396 e. The molecule has 1 aromatic carbocycles. The van der Waals surface area contributed by atoms with Gasteiger partial charge in [-0.2, -0.15) is 0 Å². The molecule has 0 aliphatic rings. The molecule has 2 aromatic rings. The van der Waals surface area contributed by atoms with Crippen molar-refractivity contribution >= 4 is 21.6 Å². The van der Waals surface area contributed by atoms with E-state index >= 15 is 0 Å². The maximum Gasteiger partial charge on any atom is 0.111 e. The first-order valence-electron chi connectivity index (χ1n) is 6.05. The minimum absolute atomic E-state index is 0.178. The molecule has 92 valence electrons. The first-order chi connectivity index (χ1) is 8.35. The van der Waals surface area contributed by atoms with Crippen LogP contribution in [0.25, 0.3) is 10.2 Å². The van der Waals surface area contributed by atoms with Gasteiger partial charge in [0.1, 0.15) is 5.01 Å². The molecule has 3 nitrogen and oxygen atoms in total. The Labute approximate surface area is 106 Å². The van der Waals surface area contributed by atoms with Crippen molar-refractivity contribution in [3.63, 3.8) is 0 Å². The molecule has 0 amide bonds. The van der Waals surface area contributed by atoms with Crippen LogP contribution in [0, 0.1) is 0 Å². The Hall–Kier alpha value is -0.970. The molecule has 17 heavy (non-hydrogen) atoms. The predicted molar refractivity (Wildman–Crippen MR) is 72.4 cm³/mol. The summed E-state index contributed by atoms with van der Waals surface area (Å²) in [5.41, 5.74) is 1.05. The summed E-state index contributed by atoms with van der Waals surface area (Å²) in [4.78, 5) is 4.63. The van der Waals surface area contributed by atoms with E-state index in [1.807, 2.05) is 18.2 Å². The molecule has 0 saturated heterocycles. The van der Waals surface area contributed by atoms with Crippen molar-refractivity contribution < 1.29 is 5.11 Å². The van der Waals surface area contributed by atoms with Crippen LogP contribution in [0.5, 0.6) is 0 Å². The van der Waals surface area contributed by atoms with Gasteiger partial charge >= 0.3 is 0 Å². The molecule has 2 N–H and O–H groups in total.